The predicted molar refractivity (Wildman–Crippen MR) is 131 cm³/mol. The van der Waals surface area contributed by atoms with Gasteiger partial charge in [-0.1, -0.05) is 28.6 Å². The van der Waals surface area contributed by atoms with Crippen LogP contribution in [0.15, 0.2) is 53.1 Å². The maximum absolute atomic E-state index is 13.0. The molecule has 0 spiro atoms. The van der Waals surface area contributed by atoms with Crippen LogP contribution in [0.2, 0.25) is 0 Å². The Morgan fingerprint density at radius 3 is 2.62 bits per heavy atom. The summed E-state index contributed by atoms with van der Waals surface area (Å²) in [4.78, 5) is 26.2. The average Bonchev–Trinajstić information content (AvgIpc) is 3.50. The number of rotatable bonds is 7. The topological polar surface area (TPSA) is 96.6 Å². The highest BCUT2D eigenvalue weighted by Gasteiger charge is 2.26. The lowest BCUT2D eigenvalue weighted by Gasteiger charge is -2.35. The number of carbonyl (C=O) groups excluding carboxylic acids is 1. The van der Waals surface area contributed by atoms with Crippen LogP contribution in [-0.2, 0) is 11.3 Å². The number of thiazole rings is 1. The van der Waals surface area contributed by atoms with E-state index in [-0.39, 0.29) is 11.9 Å². The normalized spacial score (nSPS) is 15.4. The van der Waals surface area contributed by atoms with Crippen LogP contribution in [0.25, 0.3) is 21.6 Å². The van der Waals surface area contributed by atoms with Crippen LogP contribution < -0.4 is 10.1 Å². The molecule has 1 aliphatic rings. The lowest BCUT2D eigenvalue weighted by molar-refractivity contribution is -0.133. The molecule has 0 aliphatic carbocycles. The number of amides is 1. The van der Waals surface area contributed by atoms with Gasteiger partial charge in [0.05, 0.1) is 23.9 Å². The summed E-state index contributed by atoms with van der Waals surface area (Å²) in [6.07, 6.45) is 0. The number of benzene rings is 2. The fraction of sp³-hybridized carbons (Fsp3) is 0.333. The maximum Gasteiger partial charge on any atom is 0.244 e. The lowest BCUT2D eigenvalue weighted by Crippen LogP contribution is -2.51. The van der Waals surface area contributed by atoms with E-state index in [1.165, 1.54) is 0 Å². The summed E-state index contributed by atoms with van der Waals surface area (Å²) in [6.45, 7) is 5.26. The van der Waals surface area contributed by atoms with Gasteiger partial charge in [0, 0.05) is 31.7 Å². The van der Waals surface area contributed by atoms with Crippen molar-refractivity contribution in [3.05, 3.63) is 54.4 Å². The number of hydrogen-bond donors (Lipinski definition) is 1. The molecule has 1 fully saturated rings. The Bertz CT molecular complexity index is 1230. The minimum atomic E-state index is -0.338. The fourth-order valence-corrected chi connectivity index (χ4v) is 4.90. The zero-order chi connectivity index (χ0) is 23.5. The number of ether oxygens (including phenoxy) is 1. The smallest absolute Gasteiger partial charge is 0.244 e. The van der Waals surface area contributed by atoms with Gasteiger partial charge in [-0.25, -0.2) is 4.98 Å². The van der Waals surface area contributed by atoms with Crippen molar-refractivity contribution in [3.8, 4) is 17.1 Å². The van der Waals surface area contributed by atoms with Crippen LogP contribution in [0.1, 0.15) is 12.8 Å². The number of hydrogen-bond acceptors (Lipinski definition) is 9. The fourth-order valence-electron chi connectivity index (χ4n) is 3.95. The van der Waals surface area contributed by atoms with Gasteiger partial charge in [-0.15, -0.1) is 0 Å². The van der Waals surface area contributed by atoms with Crippen LogP contribution in [0.5, 0.6) is 5.75 Å². The summed E-state index contributed by atoms with van der Waals surface area (Å²) in [5, 5.41) is 8.13. The molecule has 0 saturated carbocycles. The zero-order valence-corrected chi connectivity index (χ0v) is 19.9. The van der Waals surface area contributed by atoms with Gasteiger partial charge in [-0.2, -0.15) is 4.98 Å². The largest absolute Gasteiger partial charge is 0.497 e. The number of aromatic nitrogens is 3. The molecular formula is C24H26N6O3S. The molecule has 2 aromatic heterocycles. The Hall–Kier alpha value is -3.50. The van der Waals surface area contributed by atoms with E-state index in [9.17, 15) is 4.79 Å². The molecule has 1 N–H and O–H groups in total. The van der Waals surface area contributed by atoms with E-state index >= 15 is 0 Å². The first-order valence-corrected chi connectivity index (χ1v) is 12.0. The minimum Gasteiger partial charge on any atom is -0.497 e. The molecule has 4 aromatic rings. The highest BCUT2D eigenvalue weighted by molar-refractivity contribution is 7.22. The van der Waals surface area contributed by atoms with Crippen molar-refractivity contribution in [2.75, 3.05) is 38.6 Å². The second kappa shape index (κ2) is 9.78. The monoisotopic (exact) mass is 478 g/mol. The number of para-hydroxylation sites is 1. The molecule has 1 atom stereocenters. The van der Waals surface area contributed by atoms with Gasteiger partial charge in [0.2, 0.25) is 17.6 Å². The molecule has 1 unspecified atom stereocenters. The van der Waals surface area contributed by atoms with Gasteiger partial charge in [-0.05, 0) is 43.3 Å². The molecule has 1 amide bonds. The molecular weight excluding hydrogens is 452 g/mol. The first-order valence-electron chi connectivity index (χ1n) is 11.2. The number of nitrogens with one attached hydrogen (secondary N) is 1. The van der Waals surface area contributed by atoms with E-state index < -0.39 is 0 Å². The van der Waals surface area contributed by atoms with Crippen LogP contribution in [-0.4, -0.2) is 70.2 Å². The van der Waals surface area contributed by atoms with Gasteiger partial charge in [-0.3, -0.25) is 9.69 Å². The van der Waals surface area contributed by atoms with Gasteiger partial charge in [0.25, 0.3) is 0 Å². The van der Waals surface area contributed by atoms with Crippen LogP contribution >= 0.6 is 11.3 Å². The van der Waals surface area contributed by atoms with Gasteiger partial charge in [0.15, 0.2) is 5.13 Å². The molecule has 2 aromatic carbocycles. The predicted octanol–water partition coefficient (Wildman–Crippen LogP) is 3.50. The van der Waals surface area contributed by atoms with Gasteiger partial charge >= 0.3 is 0 Å². The summed E-state index contributed by atoms with van der Waals surface area (Å²) < 4.78 is 11.7. The van der Waals surface area contributed by atoms with E-state index in [1.54, 1.807) is 18.4 Å². The summed E-state index contributed by atoms with van der Waals surface area (Å²) >= 11 is 1.56. The first-order chi connectivity index (χ1) is 16.6. The summed E-state index contributed by atoms with van der Waals surface area (Å²) in [7, 11) is 1.63. The highest BCUT2D eigenvalue weighted by atomic mass is 32.1. The Morgan fingerprint density at radius 1 is 1.12 bits per heavy atom. The maximum atomic E-state index is 13.0. The van der Waals surface area contributed by atoms with E-state index in [0.29, 0.717) is 31.3 Å². The third-order valence-corrected chi connectivity index (χ3v) is 6.83. The van der Waals surface area contributed by atoms with Gasteiger partial charge in [0.1, 0.15) is 11.8 Å². The molecule has 1 saturated heterocycles. The standard InChI is InChI=1S/C24H26N6O3S/c1-16(25-24-26-19-5-3-4-6-20(19)34-24)23(31)30-13-11-29(12-14-30)15-21-27-22(28-33-21)17-7-9-18(32-2)10-8-17/h3-10,16H,11-15H2,1-2H3,(H,25,26). The molecule has 3 heterocycles. The number of piperazine rings is 1. The van der Waals surface area contributed by atoms with E-state index in [4.69, 9.17) is 9.26 Å². The van der Waals surface area contributed by atoms with Crippen molar-refractivity contribution in [2.24, 2.45) is 0 Å². The number of nitrogens with zero attached hydrogens (tertiary/aromatic N) is 5. The van der Waals surface area contributed by atoms with Crippen molar-refractivity contribution >= 4 is 32.6 Å². The Morgan fingerprint density at radius 2 is 1.88 bits per heavy atom. The quantitative estimate of drug-likeness (QED) is 0.431. The van der Waals surface area contributed by atoms with Crippen LogP contribution in [0.3, 0.4) is 0 Å². The second-order valence-corrected chi connectivity index (χ2v) is 9.23. The van der Waals surface area contributed by atoms with Crippen molar-refractivity contribution < 1.29 is 14.1 Å². The molecule has 176 valence electrons. The third-order valence-electron chi connectivity index (χ3n) is 5.86. The zero-order valence-electron chi connectivity index (χ0n) is 19.1. The number of methoxy groups -OCH3 is 1. The first kappa shape index (κ1) is 22.3. The van der Waals surface area contributed by atoms with Crippen molar-refractivity contribution in [3.63, 3.8) is 0 Å². The SMILES string of the molecule is COc1ccc(-c2noc(CN3CCN(C(=O)C(C)Nc4nc5ccccc5s4)CC3)n2)cc1. The van der Waals surface area contributed by atoms with Crippen LogP contribution in [0.4, 0.5) is 5.13 Å². The highest BCUT2D eigenvalue weighted by Crippen LogP contribution is 2.26. The van der Waals surface area contributed by atoms with Crippen molar-refractivity contribution in [1.29, 1.82) is 0 Å². The molecule has 0 bridgehead atoms. The molecule has 1 aliphatic heterocycles. The number of fused-ring (bicyclic) bond motifs is 1. The Balaban J connectivity index is 1.12. The van der Waals surface area contributed by atoms with Gasteiger partial charge < -0.3 is 19.5 Å². The summed E-state index contributed by atoms with van der Waals surface area (Å²) in [6, 6.07) is 15.2. The number of anilines is 1. The van der Waals surface area contributed by atoms with E-state index in [0.717, 1.165) is 39.8 Å². The molecule has 5 rings (SSSR count). The average molecular weight is 479 g/mol. The van der Waals surface area contributed by atoms with E-state index in [1.807, 2.05) is 60.4 Å². The molecule has 10 heteroatoms. The number of carbonyl (C=O) groups is 1. The lowest BCUT2D eigenvalue weighted by atomic mass is 10.2. The summed E-state index contributed by atoms with van der Waals surface area (Å²) in [5.74, 6) is 1.99. The van der Waals surface area contributed by atoms with E-state index in [2.05, 4.69) is 25.3 Å². The Labute approximate surface area is 201 Å². The summed E-state index contributed by atoms with van der Waals surface area (Å²) in [5.41, 5.74) is 1.82. The minimum absolute atomic E-state index is 0.0819. The van der Waals surface area contributed by atoms with Crippen molar-refractivity contribution in [1.82, 2.24) is 24.9 Å². The molecule has 0 radical (unpaired) electrons. The molecule has 34 heavy (non-hydrogen) atoms. The second-order valence-electron chi connectivity index (χ2n) is 8.19. The third kappa shape index (κ3) is 4.87. The van der Waals surface area contributed by atoms with Crippen molar-refractivity contribution in [2.45, 2.75) is 19.5 Å². The Kier molecular flexibility index (Phi) is 6.41. The van der Waals surface area contributed by atoms with Crippen LogP contribution in [0, 0.1) is 0 Å². The molecule has 9 nitrogen and oxygen atoms in total.